The van der Waals surface area contributed by atoms with Gasteiger partial charge in [0.25, 0.3) is 0 Å². The van der Waals surface area contributed by atoms with Gasteiger partial charge in [0.1, 0.15) is 5.82 Å². The van der Waals surface area contributed by atoms with Crippen LogP contribution in [0.4, 0.5) is 4.39 Å². The Balaban J connectivity index is 2.04. The van der Waals surface area contributed by atoms with Crippen molar-refractivity contribution in [1.82, 2.24) is 5.32 Å². The van der Waals surface area contributed by atoms with E-state index in [1.807, 2.05) is 6.07 Å². The van der Waals surface area contributed by atoms with Crippen LogP contribution in [0.1, 0.15) is 43.7 Å². The van der Waals surface area contributed by atoms with Gasteiger partial charge in [0.15, 0.2) is 0 Å². The lowest BCUT2D eigenvalue weighted by Crippen LogP contribution is -2.41. The molecule has 0 aliphatic heterocycles. The zero-order valence-electron chi connectivity index (χ0n) is 11.5. The second-order valence-corrected chi connectivity index (χ2v) is 5.53. The van der Waals surface area contributed by atoms with Crippen molar-refractivity contribution in [2.45, 2.75) is 52.0 Å². The van der Waals surface area contributed by atoms with Crippen molar-refractivity contribution in [3.8, 4) is 0 Å². The zero-order valence-corrected chi connectivity index (χ0v) is 11.5. The molecule has 0 radical (unpaired) electrons. The second-order valence-electron chi connectivity index (χ2n) is 5.53. The zero-order chi connectivity index (χ0) is 13.0. The van der Waals surface area contributed by atoms with Gasteiger partial charge in [-0.3, -0.25) is 0 Å². The van der Waals surface area contributed by atoms with Crippen LogP contribution in [0.5, 0.6) is 0 Å². The SMILES string of the molecule is CCCNC(Cc1cc(F)ccc1C)C1CCC1. The van der Waals surface area contributed by atoms with E-state index in [1.165, 1.54) is 24.8 Å². The molecule has 2 heteroatoms. The van der Waals surface area contributed by atoms with Crippen LogP contribution < -0.4 is 5.32 Å². The normalized spacial score (nSPS) is 17.5. The summed E-state index contributed by atoms with van der Waals surface area (Å²) in [6.45, 7) is 5.33. The summed E-state index contributed by atoms with van der Waals surface area (Å²) in [5, 5.41) is 3.64. The Hall–Kier alpha value is -0.890. The highest BCUT2D eigenvalue weighted by Crippen LogP contribution is 2.31. The average Bonchev–Trinajstić information content (AvgIpc) is 2.28. The fourth-order valence-corrected chi connectivity index (χ4v) is 2.67. The quantitative estimate of drug-likeness (QED) is 0.807. The molecule has 0 amide bonds. The van der Waals surface area contributed by atoms with Crippen LogP contribution in [-0.2, 0) is 6.42 Å². The van der Waals surface area contributed by atoms with Crippen molar-refractivity contribution in [3.05, 3.63) is 35.1 Å². The molecule has 0 heterocycles. The molecule has 1 nitrogen and oxygen atoms in total. The summed E-state index contributed by atoms with van der Waals surface area (Å²) < 4.78 is 13.3. The van der Waals surface area contributed by atoms with Crippen LogP contribution in [0.25, 0.3) is 0 Å². The van der Waals surface area contributed by atoms with Crippen LogP contribution in [0.3, 0.4) is 0 Å². The van der Waals surface area contributed by atoms with Crippen molar-refractivity contribution in [3.63, 3.8) is 0 Å². The molecule has 0 bridgehead atoms. The number of hydrogen-bond donors (Lipinski definition) is 1. The largest absolute Gasteiger partial charge is 0.313 e. The van der Waals surface area contributed by atoms with Gasteiger partial charge in [-0.05, 0) is 68.3 Å². The maximum atomic E-state index is 13.3. The van der Waals surface area contributed by atoms with Crippen LogP contribution in [0.2, 0.25) is 0 Å². The number of aryl methyl sites for hydroxylation is 1. The van der Waals surface area contributed by atoms with E-state index in [0.717, 1.165) is 30.9 Å². The van der Waals surface area contributed by atoms with Gasteiger partial charge in [-0.1, -0.05) is 19.4 Å². The maximum Gasteiger partial charge on any atom is 0.123 e. The minimum absolute atomic E-state index is 0.113. The molecule has 0 spiro atoms. The molecule has 18 heavy (non-hydrogen) atoms. The molecule has 100 valence electrons. The minimum atomic E-state index is -0.113. The first-order valence-corrected chi connectivity index (χ1v) is 7.19. The molecule has 1 atom stereocenters. The Kier molecular flexibility index (Phi) is 4.76. The smallest absolute Gasteiger partial charge is 0.123 e. The molecule has 1 fully saturated rings. The molecule has 1 unspecified atom stereocenters. The van der Waals surface area contributed by atoms with Gasteiger partial charge in [0.05, 0.1) is 0 Å². The van der Waals surface area contributed by atoms with Gasteiger partial charge in [0.2, 0.25) is 0 Å². The van der Waals surface area contributed by atoms with E-state index in [9.17, 15) is 4.39 Å². The molecule has 2 rings (SSSR count). The molecular weight excluding hydrogens is 225 g/mol. The lowest BCUT2D eigenvalue weighted by molar-refractivity contribution is 0.227. The summed E-state index contributed by atoms with van der Waals surface area (Å²) in [5.74, 6) is 0.678. The molecular formula is C16H24FN. The van der Waals surface area contributed by atoms with E-state index in [0.29, 0.717) is 6.04 Å². The Bertz CT molecular complexity index is 385. The Morgan fingerprint density at radius 3 is 2.78 bits per heavy atom. The predicted octanol–water partition coefficient (Wildman–Crippen LogP) is 3.84. The fourth-order valence-electron chi connectivity index (χ4n) is 2.67. The number of nitrogens with one attached hydrogen (secondary N) is 1. The summed E-state index contributed by atoms with van der Waals surface area (Å²) in [7, 11) is 0. The summed E-state index contributed by atoms with van der Waals surface area (Å²) in [6, 6.07) is 5.67. The number of hydrogen-bond acceptors (Lipinski definition) is 1. The van der Waals surface area contributed by atoms with Gasteiger partial charge >= 0.3 is 0 Å². The monoisotopic (exact) mass is 249 g/mol. The van der Waals surface area contributed by atoms with Crippen molar-refractivity contribution < 1.29 is 4.39 Å². The standard InChI is InChI=1S/C16H24FN/c1-3-9-18-16(13-5-4-6-13)11-14-10-15(17)8-7-12(14)2/h7-8,10,13,16,18H,3-6,9,11H2,1-2H3. The Morgan fingerprint density at radius 1 is 1.39 bits per heavy atom. The second kappa shape index (κ2) is 6.33. The van der Waals surface area contributed by atoms with Gasteiger partial charge in [0, 0.05) is 6.04 Å². The number of benzene rings is 1. The summed E-state index contributed by atoms with van der Waals surface area (Å²) in [6.07, 6.45) is 6.14. The van der Waals surface area contributed by atoms with E-state index in [-0.39, 0.29) is 5.82 Å². The van der Waals surface area contributed by atoms with Gasteiger partial charge in [-0.15, -0.1) is 0 Å². The van der Waals surface area contributed by atoms with Crippen LogP contribution >= 0.6 is 0 Å². The summed E-state index contributed by atoms with van der Waals surface area (Å²) in [4.78, 5) is 0. The fraction of sp³-hybridized carbons (Fsp3) is 0.625. The first-order chi connectivity index (χ1) is 8.70. The molecule has 1 saturated carbocycles. The van der Waals surface area contributed by atoms with Crippen molar-refractivity contribution >= 4 is 0 Å². The van der Waals surface area contributed by atoms with Crippen LogP contribution in [-0.4, -0.2) is 12.6 Å². The van der Waals surface area contributed by atoms with E-state index in [4.69, 9.17) is 0 Å². The topological polar surface area (TPSA) is 12.0 Å². The van der Waals surface area contributed by atoms with E-state index < -0.39 is 0 Å². The third-order valence-corrected chi connectivity index (χ3v) is 4.13. The third kappa shape index (κ3) is 3.32. The van der Waals surface area contributed by atoms with E-state index in [2.05, 4.69) is 19.2 Å². The highest BCUT2D eigenvalue weighted by atomic mass is 19.1. The molecule has 1 aliphatic carbocycles. The average molecular weight is 249 g/mol. The molecule has 0 aromatic heterocycles. The first kappa shape index (κ1) is 13.5. The van der Waals surface area contributed by atoms with Gasteiger partial charge < -0.3 is 5.32 Å². The molecule has 1 aliphatic rings. The van der Waals surface area contributed by atoms with Crippen molar-refractivity contribution in [2.75, 3.05) is 6.54 Å². The number of rotatable bonds is 6. The molecule has 1 aromatic rings. The highest BCUT2D eigenvalue weighted by molar-refractivity contribution is 5.27. The Labute approximate surface area is 110 Å². The van der Waals surface area contributed by atoms with E-state index >= 15 is 0 Å². The van der Waals surface area contributed by atoms with Gasteiger partial charge in [-0.25, -0.2) is 4.39 Å². The van der Waals surface area contributed by atoms with Crippen molar-refractivity contribution in [2.24, 2.45) is 5.92 Å². The van der Waals surface area contributed by atoms with Crippen LogP contribution in [0.15, 0.2) is 18.2 Å². The summed E-state index contributed by atoms with van der Waals surface area (Å²) >= 11 is 0. The molecule has 1 N–H and O–H groups in total. The maximum absolute atomic E-state index is 13.3. The van der Waals surface area contributed by atoms with Crippen LogP contribution in [0, 0.1) is 18.7 Å². The van der Waals surface area contributed by atoms with Crippen molar-refractivity contribution in [1.29, 1.82) is 0 Å². The summed E-state index contributed by atoms with van der Waals surface area (Å²) in [5.41, 5.74) is 2.37. The molecule has 1 aromatic carbocycles. The van der Waals surface area contributed by atoms with Gasteiger partial charge in [-0.2, -0.15) is 0 Å². The van der Waals surface area contributed by atoms with E-state index in [1.54, 1.807) is 12.1 Å². The minimum Gasteiger partial charge on any atom is -0.313 e. The number of halogens is 1. The molecule has 0 saturated heterocycles. The predicted molar refractivity (Wildman–Crippen MR) is 74.3 cm³/mol. The first-order valence-electron chi connectivity index (χ1n) is 7.19. The lowest BCUT2D eigenvalue weighted by atomic mass is 9.77. The third-order valence-electron chi connectivity index (χ3n) is 4.13. The highest BCUT2D eigenvalue weighted by Gasteiger charge is 2.27. The Morgan fingerprint density at radius 2 is 2.17 bits per heavy atom. The lowest BCUT2D eigenvalue weighted by Gasteiger charge is -2.35.